The van der Waals surface area contributed by atoms with Crippen LogP contribution in [-0.2, 0) is 9.94 Å². The second-order valence-electron chi connectivity index (χ2n) is 8.46. The highest BCUT2D eigenvalue weighted by Gasteiger charge is 2.18. The summed E-state index contributed by atoms with van der Waals surface area (Å²) in [6.45, 7) is 12.9. The van der Waals surface area contributed by atoms with Crippen LogP contribution in [-0.4, -0.2) is 19.0 Å². The summed E-state index contributed by atoms with van der Waals surface area (Å²) in [6, 6.07) is 16.5. The summed E-state index contributed by atoms with van der Waals surface area (Å²) in [5.41, 5.74) is 4.45. The van der Waals surface area contributed by atoms with Gasteiger partial charge in [0.15, 0.2) is 5.82 Å². The minimum absolute atomic E-state index is 0.0993. The number of hydrogen-bond donors (Lipinski definition) is 1. The first-order chi connectivity index (χ1) is 14.1. The van der Waals surface area contributed by atoms with Gasteiger partial charge in [-0.25, -0.2) is 15.0 Å². The molecule has 0 spiro atoms. The number of nitrogens with zero attached hydrogens (tertiary/aromatic N) is 3. The van der Waals surface area contributed by atoms with Crippen LogP contribution in [0.5, 0.6) is 0 Å². The molecule has 30 heavy (non-hydrogen) atoms. The molecule has 5 nitrogen and oxygen atoms in total. The maximum atomic E-state index is 6.20. The molecule has 0 amide bonds. The van der Waals surface area contributed by atoms with Crippen molar-refractivity contribution in [3.63, 3.8) is 0 Å². The highest BCUT2D eigenvalue weighted by atomic mass is 79.9. The van der Waals surface area contributed by atoms with Gasteiger partial charge in [-0.2, -0.15) is 0 Å². The summed E-state index contributed by atoms with van der Waals surface area (Å²) < 4.78 is 7.19. The van der Waals surface area contributed by atoms with Gasteiger partial charge in [-0.15, -0.1) is 0 Å². The Kier molecular flexibility index (Phi) is 6.95. The van der Waals surface area contributed by atoms with Crippen molar-refractivity contribution in [3.8, 4) is 0 Å². The standard InChI is InChI=1S/C23H28BrN4OSi/c1-16-7-12-20(19(24)13-16)27-21-14-22(26-15-25-21)28(29-30(5)6)18-10-8-17(9-11-18)23(2,3)4/h7-15H,1-6H3,(H,25,26,27). The van der Waals surface area contributed by atoms with Crippen LogP contribution >= 0.6 is 15.9 Å². The fourth-order valence-electron chi connectivity index (χ4n) is 2.90. The van der Waals surface area contributed by atoms with Crippen LogP contribution in [0.4, 0.5) is 23.0 Å². The first-order valence-corrected chi connectivity index (χ1v) is 13.1. The van der Waals surface area contributed by atoms with Crippen molar-refractivity contribution in [1.29, 1.82) is 0 Å². The molecule has 0 saturated carbocycles. The predicted molar refractivity (Wildman–Crippen MR) is 130 cm³/mol. The van der Waals surface area contributed by atoms with E-state index in [0.717, 1.165) is 15.8 Å². The second-order valence-corrected chi connectivity index (χ2v) is 11.3. The third kappa shape index (κ3) is 5.68. The number of halogens is 1. The molecule has 0 bridgehead atoms. The summed E-state index contributed by atoms with van der Waals surface area (Å²) in [5, 5.41) is 5.16. The van der Waals surface area contributed by atoms with Crippen molar-refractivity contribution >= 4 is 48.0 Å². The lowest BCUT2D eigenvalue weighted by molar-refractivity contribution is 0.329. The molecule has 0 aliphatic carbocycles. The molecule has 1 heterocycles. The molecule has 1 radical (unpaired) electrons. The number of benzene rings is 2. The molecule has 0 aliphatic rings. The summed E-state index contributed by atoms with van der Waals surface area (Å²) >= 11 is 3.61. The molecule has 157 valence electrons. The zero-order chi connectivity index (χ0) is 21.9. The Hall–Kier alpha value is -2.22. The Balaban J connectivity index is 1.92. The molecule has 3 rings (SSSR count). The van der Waals surface area contributed by atoms with Gasteiger partial charge in [0.05, 0.1) is 11.4 Å². The van der Waals surface area contributed by atoms with E-state index in [0.29, 0.717) is 11.6 Å². The van der Waals surface area contributed by atoms with Crippen molar-refractivity contribution < 1.29 is 4.53 Å². The van der Waals surface area contributed by atoms with Gasteiger partial charge in [0.1, 0.15) is 12.1 Å². The first-order valence-electron chi connectivity index (χ1n) is 9.87. The predicted octanol–water partition coefficient (Wildman–Crippen LogP) is 6.91. The van der Waals surface area contributed by atoms with Crippen LogP contribution in [0.2, 0.25) is 13.1 Å². The van der Waals surface area contributed by atoms with Crippen LogP contribution in [0.25, 0.3) is 0 Å². The zero-order valence-corrected chi connectivity index (χ0v) is 20.9. The van der Waals surface area contributed by atoms with E-state index in [1.54, 1.807) is 11.4 Å². The monoisotopic (exact) mass is 483 g/mol. The van der Waals surface area contributed by atoms with E-state index >= 15 is 0 Å². The molecule has 1 N–H and O–H groups in total. The minimum atomic E-state index is -1.01. The first kappa shape index (κ1) is 22.5. The fraction of sp³-hybridized carbons (Fsp3) is 0.304. The van der Waals surface area contributed by atoms with E-state index in [1.165, 1.54) is 11.1 Å². The molecular formula is C23H28BrN4OSi. The van der Waals surface area contributed by atoms with Crippen molar-refractivity contribution in [2.45, 2.75) is 46.2 Å². The maximum absolute atomic E-state index is 6.20. The average Bonchev–Trinajstić information content (AvgIpc) is 2.68. The third-order valence-corrected chi connectivity index (χ3v) is 5.69. The van der Waals surface area contributed by atoms with E-state index in [-0.39, 0.29) is 5.41 Å². The molecule has 3 aromatic rings. The molecule has 0 unspecified atom stereocenters. The topological polar surface area (TPSA) is 50.3 Å². The maximum Gasteiger partial charge on any atom is 0.245 e. The molecule has 2 aromatic carbocycles. The van der Waals surface area contributed by atoms with Crippen LogP contribution in [0.3, 0.4) is 0 Å². The summed E-state index contributed by atoms with van der Waals surface area (Å²) in [6.07, 6.45) is 1.55. The molecule has 1 aromatic heterocycles. The van der Waals surface area contributed by atoms with Gasteiger partial charge in [-0.1, -0.05) is 39.0 Å². The van der Waals surface area contributed by atoms with Crippen LogP contribution in [0.1, 0.15) is 31.9 Å². The molecular weight excluding hydrogens is 456 g/mol. The van der Waals surface area contributed by atoms with Crippen LogP contribution in [0.15, 0.2) is 59.3 Å². The lowest BCUT2D eigenvalue weighted by Crippen LogP contribution is -2.26. The SMILES string of the molecule is Cc1ccc(Nc2cc(N(O[Si](C)C)c3ccc(C(C)(C)C)cc3)ncn2)c(Br)c1. The van der Waals surface area contributed by atoms with E-state index in [4.69, 9.17) is 4.53 Å². The lowest BCUT2D eigenvalue weighted by Gasteiger charge is -2.26. The summed E-state index contributed by atoms with van der Waals surface area (Å²) in [7, 11) is -1.01. The van der Waals surface area contributed by atoms with E-state index < -0.39 is 9.04 Å². The lowest BCUT2D eigenvalue weighted by atomic mass is 9.87. The Bertz CT molecular complexity index is 1000. The van der Waals surface area contributed by atoms with Crippen molar-refractivity contribution in [2.75, 3.05) is 10.4 Å². The van der Waals surface area contributed by atoms with Crippen molar-refractivity contribution in [3.05, 3.63) is 70.5 Å². The molecule has 0 saturated heterocycles. The van der Waals surface area contributed by atoms with Crippen molar-refractivity contribution in [2.24, 2.45) is 0 Å². The summed E-state index contributed by atoms with van der Waals surface area (Å²) in [5.74, 6) is 1.39. The Morgan fingerprint density at radius 3 is 2.30 bits per heavy atom. The zero-order valence-electron chi connectivity index (χ0n) is 18.3. The fourth-order valence-corrected chi connectivity index (χ4v) is 4.05. The Morgan fingerprint density at radius 2 is 1.70 bits per heavy atom. The number of aromatic nitrogens is 2. The number of aryl methyl sites for hydroxylation is 1. The number of nitrogens with one attached hydrogen (secondary N) is 1. The van der Waals surface area contributed by atoms with Crippen molar-refractivity contribution in [1.82, 2.24) is 9.97 Å². The van der Waals surface area contributed by atoms with Gasteiger partial charge in [0.25, 0.3) is 0 Å². The number of anilines is 4. The molecule has 0 atom stereocenters. The minimum Gasteiger partial charge on any atom is -0.339 e. The van der Waals surface area contributed by atoms with E-state index in [2.05, 4.69) is 108 Å². The van der Waals surface area contributed by atoms with E-state index in [1.807, 2.05) is 12.1 Å². The van der Waals surface area contributed by atoms with Gasteiger partial charge in [0, 0.05) is 10.5 Å². The van der Waals surface area contributed by atoms with Gasteiger partial charge in [-0.3, -0.25) is 0 Å². The molecule has 0 aliphatic heterocycles. The summed E-state index contributed by atoms with van der Waals surface area (Å²) in [4.78, 5) is 8.86. The highest BCUT2D eigenvalue weighted by Crippen LogP contribution is 2.31. The van der Waals surface area contributed by atoms with Crippen LogP contribution < -0.4 is 10.4 Å². The highest BCUT2D eigenvalue weighted by molar-refractivity contribution is 9.10. The average molecular weight is 484 g/mol. The smallest absolute Gasteiger partial charge is 0.245 e. The van der Waals surface area contributed by atoms with E-state index in [9.17, 15) is 0 Å². The van der Waals surface area contributed by atoms with Gasteiger partial charge in [-0.05, 0) is 76.8 Å². The second kappa shape index (κ2) is 9.28. The van der Waals surface area contributed by atoms with Gasteiger partial charge >= 0.3 is 0 Å². The van der Waals surface area contributed by atoms with Gasteiger partial charge in [0.2, 0.25) is 9.04 Å². The quantitative estimate of drug-likeness (QED) is 0.304. The third-order valence-electron chi connectivity index (χ3n) is 4.49. The normalized spacial score (nSPS) is 11.6. The Morgan fingerprint density at radius 1 is 1.00 bits per heavy atom. The molecule has 0 fully saturated rings. The van der Waals surface area contributed by atoms with Gasteiger partial charge < -0.3 is 9.84 Å². The Labute approximate surface area is 189 Å². The number of hydrogen-bond acceptors (Lipinski definition) is 5. The van der Waals surface area contributed by atoms with Crippen LogP contribution in [0, 0.1) is 6.92 Å². The number of rotatable bonds is 6. The largest absolute Gasteiger partial charge is 0.339 e. The molecule has 7 heteroatoms.